The maximum Gasteiger partial charge on any atom is 0.294 e. The summed E-state index contributed by atoms with van der Waals surface area (Å²) in [5.41, 5.74) is 1.94. The van der Waals surface area contributed by atoms with Crippen LogP contribution in [0.5, 0.6) is 0 Å². The first-order chi connectivity index (χ1) is 8.41. The Labute approximate surface area is 108 Å². The van der Waals surface area contributed by atoms with Gasteiger partial charge in [0.15, 0.2) is 0 Å². The van der Waals surface area contributed by atoms with E-state index in [1.807, 2.05) is 24.3 Å². The zero-order chi connectivity index (χ0) is 13.3. The smallest absolute Gasteiger partial charge is 0.294 e. The van der Waals surface area contributed by atoms with Crippen molar-refractivity contribution in [2.24, 2.45) is 0 Å². The average molecular weight is 245 g/mol. The molecule has 18 heavy (non-hydrogen) atoms. The Morgan fingerprint density at radius 3 is 2.44 bits per heavy atom. The summed E-state index contributed by atoms with van der Waals surface area (Å²) >= 11 is 0. The van der Waals surface area contributed by atoms with Crippen molar-refractivity contribution in [1.82, 2.24) is 0 Å². The second kappa shape index (κ2) is 4.56. The molecule has 0 aliphatic carbocycles. The van der Waals surface area contributed by atoms with Gasteiger partial charge >= 0.3 is 0 Å². The first-order valence-corrected chi connectivity index (χ1v) is 6.35. The van der Waals surface area contributed by atoms with Gasteiger partial charge in [0, 0.05) is 18.7 Å². The van der Waals surface area contributed by atoms with Crippen LogP contribution in [-0.2, 0) is 15.0 Å². The van der Waals surface area contributed by atoms with Crippen LogP contribution in [0.1, 0.15) is 39.2 Å². The molecule has 1 heterocycles. The van der Waals surface area contributed by atoms with E-state index in [4.69, 9.17) is 0 Å². The Kier molecular flexibility index (Phi) is 3.24. The Balaban J connectivity index is 2.45. The van der Waals surface area contributed by atoms with Crippen molar-refractivity contribution in [1.29, 1.82) is 0 Å². The third-order valence-corrected chi connectivity index (χ3v) is 3.27. The van der Waals surface area contributed by atoms with Crippen molar-refractivity contribution >= 4 is 17.4 Å². The van der Waals surface area contributed by atoms with Gasteiger partial charge in [-0.15, -0.1) is 0 Å². The largest absolute Gasteiger partial charge is 0.306 e. The van der Waals surface area contributed by atoms with E-state index in [0.717, 1.165) is 17.7 Å². The van der Waals surface area contributed by atoms with E-state index in [0.29, 0.717) is 13.0 Å². The number of piperidine rings is 1. The molecule has 3 heteroatoms. The van der Waals surface area contributed by atoms with Crippen LogP contribution in [-0.4, -0.2) is 18.2 Å². The minimum absolute atomic E-state index is 0.0443. The molecule has 2 rings (SSSR count). The van der Waals surface area contributed by atoms with Gasteiger partial charge in [-0.25, -0.2) is 0 Å². The lowest BCUT2D eigenvalue weighted by Gasteiger charge is -2.31. The Hall–Kier alpha value is -1.64. The van der Waals surface area contributed by atoms with Gasteiger partial charge in [-0.2, -0.15) is 0 Å². The molecule has 1 aliphatic rings. The number of para-hydroxylation sites is 1. The number of ketones is 1. The molecule has 0 unspecified atom stereocenters. The highest BCUT2D eigenvalue weighted by Gasteiger charge is 2.30. The fourth-order valence-corrected chi connectivity index (χ4v) is 2.33. The second-order valence-corrected chi connectivity index (χ2v) is 5.75. The molecular weight excluding hydrogens is 226 g/mol. The summed E-state index contributed by atoms with van der Waals surface area (Å²) in [5, 5.41) is 0. The molecule has 0 aromatic heterocycles. The van der Waals surface area contributed by atoms with E-state index >= 15 is 0 Å². The first-order valence-electron chi connectivity index (χ1n) is 6.35. The zero-order valence-corrected chi connectivity index (χ0v) is 11.2. The van der Waals surface area contributed by atoms with Crippen molar-refractivity contribution in [3.63, 3.8) is 0 Å². The maximum absolute atomic E-state index is 12.0. The number of hydrogen-bond donors (Lipinski definition) is 0. The van der Waals surface area contributed by atoms with Gasteiger partial charge in [0.2, 0.25) is 5.78 Å². The van der Waals surface area contributed by atoms with E-state index in [-0.39, 0.29) is 17.1 Å². The second-order valence-electron chi connectivity index (χ2n) is 5.75. The lowest BCUT2D eigenvalue weighted by Crippen LogP contribution is -2.42. The molecule has 96 valence electrons. The Bertz CT molecular complexity index is 486. The molecule has 1 saturated heterocycles. The molecule has 0 bridgehead atoms. The molecule has 1 fully saturated rings. The van der Waals surface area contributed by atoms with Crippen LogP contribution in [0.4, 0.5) is 5.69 Å². The highest BCUT2D eigenvalue weighted by atomic mass is 16.2. The number of nitrogens with zero attached hydrogens (tertiary/aromatic N) is 1. The number of benzene rings is 1. The van der Waals surface area contributed by atoms with Crippen molar-refractivity contribution in [2.75, 3.05) is 11.4 Å². The average Bonchev–Trinajstić information content (AvgIpc) is 2.32. The minimum atomic E-state index is -0.363. The molecule has 1 aromatic rings. The normalized spacial score (nSPS) is 17.2. The summed E-state index contributed by atoms with van der Waals surface area (Å²) in [7, 11) is 0. The van der Waals surface area contributed by atoms with Crippen molar-refractivity contribution in [3.05, 3.63) is 29.8 Å². The van der Waals surface area contributed by atoms with E-state index in [2.05, 4.69) is 20.8 Å². The number of amides is 1. The van der Waals surface area contributed by atoms with Gasteiger partial charge in [0.1, 0.15) is 0 Å². The molecule has 0 atom stereocenters. The van der Waals surface area contributed by atoms with Gasteiger partial charge in [0.05, 0.1) is 0 Å². The fourth-order valence-electron chi connectivity index (χ4n) is 2.33. The number of rotatable bonds is 1. The highest BCUT2D eigenvalue weighted by Crippen LogP contribution is 2.33. The molecule has 0 spiro atoms. The Morgan fingerprint density at radius 1 is 1.11 bits per heavy atom. The monoisotopic (exact) mass is 245 g/mol. The van der Waals surface area contributed by atoms with Gasteiger partial charge in [-0.05, 0) is 23.5 Å². The summed E-state index contributed by atoms with van der Waals surface area (Å²) in [6, 6.07) is 7.84. The lowest BCUT2D eigenvalue weighted by atomic mass is 9.85. The summed E-state index contributed by atoms with van der Waals surface area (Å²) in [6.07, 6.45) is 1.13. The lowest BCUT2D eigenvalue weighted by molar-refractivity contribution is -0.137. The topological polar surface area (TPSA) is 37.4 Å². The van der Waals surface area contributed by atoms with Crippen molar-refractivity contribution in [2.45, 2.75) is 39.0 Å². The van der Waals surface area contributed by atoms with Gasteiger partial charge in [-0.1, -0.05) is 39.0 Å². The predicted molar refractivity (Wildman–Crippen MR) is 71.7 cm³/mol. The maximum atomic E-state index is 12.0. The molecule has 1 aromatic carbocycles. The van der Waals surface area contributed by atoms with Crippen LogP contribution in [0.3, 0.4) is 0 Å². The van der Waals surface area contributed by atoms with Crippen molar-refractivity contribution < 1.29 is 9.59 Å². The van der Waals surface area contributed by atoms with Crippen LogP contribution in [0.15, 0.2) is 24.3 Å². The molecule has 0 radical (unpaired) electrons. The fraction of sp³-hybridized carbons (Fsp3) is 0.467. The van der Waals surface area contributed by atoms with Gasteiger partial charge in [0.25, 0.3) is 5.91 Å². The van der Waals surface area contributed by atoms with Crippen LogP contribution in [0.2, 0.25) is 0 Å². The predicted octanol–water partition coefficient (Wildman–Crippen LogP) is 2.68. The van der Waals surface area contributed by atoms with Crippen LogP contribution < -0.4 is 4.90 Å². The standard InChI is InChI=1S/C15H19NO2/c1-15(2,3)11-7-4-5-8-12(11)16-10-6-9-13(17)14(16)18/h4-5,7-8H,6,9-10H2,1-3H3. The van der Waals surface area contributed by atoms with E-state index in [1.54, 1.807) is 4.90 Å². The number of carbonyl (C=O) groups is 2. The third-order valence-electron chi connectivity index (χ3n) is 3.27. The summed E-state index contributed by atoms with van der Waals surface area (Å²) in [5.74, 6) is -0.636. The zero-order valence-electron chi connectivity index (χ0n) is 11.2. The summed E-state index contributed by atoms with van der Waals surface area (Å²) in [6.45, 7) is 6.98. The summed E-state index contributed by atoms with van der Waals surface area (Å²) < 4.78 is 0. The van der Waals surface area contributed by atoms with Crippen LogP contribution in [0.25, 0.3) is 0 Å². The first kappa shape index (κ1) is 12.8. The highest BCUT2D eigenvalue weighted by molar-refractivity contribution is 6.42. The number of anilines is 1. The molecule has 1 aliphatic heterocycles. The van der Waals surface area contributed by atoms with E-state index in [9.17, 15) is 9.59 Å². The van der Waals surface area contributed by atoms with Gasteiger partial charge in [-0.3, -0.25) is 9.59 Å². The molecule has 1 amide bonds. The quantitative estimate of drug-likeness (QED) is 0.713. The summed E-state index contributed by atoms with van der Waals surface area (Å²) in [4.78, 5) is 25.2. The van der Waals surface area contributed by atoms with E-state index < -0.39 is 0 Å². The minimum Gasteiger partial charge on any atom is -0.306 e. The Morgan fingerprint density at radius 2 is 1.78 bits per heavy atom. The molecular formula is C15H19NO2. The number of hydrogen-bond acceptors (Lipinski definition) is 2. The molecule has 0 saturated carbocycles. The number of Topliss-reactive ketones (excluding diaryl/α,β-unsaturated/α-hetero) is 1. The molecule has 0 N–H and O–H groups in total. The third kappa shape index (κ3) is 2.30. The van der Waals surface area contributed by atoms with E-state index in [1.165, 1.54) is 0 Å². The van der Waals surface area contributed by atoms with Crippen molar-refractivity contribution in [3.8, 4) is 0 Å². The number of carbonyl (C=O) groups excluding carboxylic acids is 2. The van der Waals surface area contributed by atoms with Crippen LogP contribution in [0, 0.1) is 0 Å². The molecule has 3 nitrogen and oxygen atoms in total. The van der Waals surface area contributed by atoms with Crippen LogP contribution >= 0.6 is 0 Å². The SMILES string of the molecule is CC(C)(C)c1ccccc1N1CCCC(=O)C1=O. The van der Waals surface area contributed by atoms with Gasteiger partial charge < -0.3 is 4.90 Å².